The van der Waals surface area contributed by atoms with E-state index in [1.807, 2.05) is 6.92 Å². The third-order valence-corrected chi connectivity index (χ3v) is 3.66. The number of carbonyl (C=O) groups excluding carboxylic acids is 2. The molecule has 28 heavy (non-hydrogen) atoms. The average Bonchev–Trinajstić information content (AvgIpc) is 2.69. The lowest BCUT2D eigenvalue weighted by Gasteiger charge is -2.11. The van der Waals surface area contributed by atoms with Crippen LogP contribution in [0.1, 0.15) is 29.3 Å². The van der Waals surface area contributed by atoms with Gasteiger partial charge in [-0.05, 0) is 42.8 Å². The second-order valence-corrected chi connectivity index (χ2v) is 5.78. The molecule has 0 atom stereocenters. The van der Waals surface area contributed by atoms with Crippen LogP contribution in [0.25, 0.3) is 6.08 Å². The Bertz CT molecular complexity index is 845. The smallest absolute Gasteiger partial charge is 0.305 e. The number of nitrogens with one attached hydrogen (secondary N) is 2. The number of carboxylic acids is 1. The van der Waals surface area contributed by atoms with Crippen LogP contribution in [0.5, 0.6) is 5.75 Å². The lowest BCUT2D eigenvalue weighted by Crippen LogP contribution is -2.35. The Kier molecular flexibility index (Phi) is 7.77. The molecule has 3 N–H and O–H groups in total. The summed E-state index contributed by atoms with van der Waals surface area (Å²) in [6.07, 6.45) is 1.31. The van der Waals surface area contributed by atoms with Gasteiger partial charge in [0, 0.05) is 12.1 Å². The van der Waals surface area contributed by atoms with Gasteiger partial charge in [-0.3, -0.25) is 14.4 Å². The summed E-state index contributed by atoms with van der Waals surface area (Å²) in [5.41, 5.74) is 1.10. The van der Waals surface area contributed by atoms with Gasteiger partial charge in [-0.25, -0.2) is 0 Å². The minimum absolute atomic E-state index is 0.0170. The summed E-state index contributed by atoms with van der Waals surface area (Å²) < 4.78 is 5.39. The highest BCUT2D eigenvalue weighted by atomic mass is 16.5. The van der Waals surface area contributed by atoms with Crippen molar-refractivity contribution in [3.05, 3.63) is 71.4 Å². The van der Waals surface area contributed by atoms with Crippen molar-refractivity contribution < 1.29 is 24.2 Å². The van der Waals surface area contributed by atoms with Gasteiger partial charge in [0.25, 0.3) is 11.8 Å². The number of hydrogen-bond donors (Lipinski definition) is 3. The molecule has 7 heteroatoms. The molecule has 2 aromatic carbocycles. The van der Waals surface area contributed by atoms with Crippen molar-refractivity contribution in [2.24, 2.45) is 0 Å². The largest absolute Gasteiger partial charge is 0.494 e. The predicted octanol–water partition coefficient (Wildman–Crippen LogP) is 2.45. The van der Waals surface area contributed by atoms with Crippen LogP contribution in [0.2, 0.25) is 0 Å². The van der Waals surface area contributed by atoms with Gasteiger partial charge in [0.1, 0.15) is 11.4 Å². The Labute approximate surface area is 163 Å². The highest BCUT2D eigenvalue weighted by Gasteiger charge is 2.14. The molecular formula is C21H22N2O5. The van der Waals surface area contributed by atoms with Gasteiger partial charge in [-0.1, -0.05) is 30.3 Å². The lowest BCUT2D eigenvalue weighted by atomic mass is 10.1. The van der Waals surface area contributed by atoms with Crippen LogP contribution in [-0.4, -0.2) is 36.0 Å². The third kappa shape index (κ3) is 6.60. The maximum atomic E-state index is 12.5. The van der Waals surface area contributed by atoms with Gasteiger partial charge in [-0.2, -0.15) is 0 Å². The van der Waals surface area contributed by atoms with Crippen molar-refractivity contribution in [1.82, 2.24) is 10.6 Å². The number of rotatable bonds is 9. The van der Waals surface area contributed by atoms with Crippen LogP contribution in [0.4, 0.5) is 0 Å². The molecule has 2 aromatic rings. The topological polar surface area (TPSA) is 105 Å². The molecule has 0 bridgehead atoms. The van der Waals surface area contributed by atoms with Crippen LogP contribution < -0.4 is 15.4 Å². The van der Waals surface area contributed by atoms with E-state index in [2.05, 4.69) is 10.6 Å². The second-order valence-electron chi connectivity index (χ2n) is 5.78. The van der Waals surface area contributed by atoms with Crippen molar-refractivity contribution >= 4 is 23.9 Å². The van der Waals surface area contributed by atoms with Gasteiger partial charge in [0.15, 0.2) is 0 Å². The fourth-order valence-corrected chi connectivity index (χ4v) is 2.31. The molecule has 146 valence electrons. The number of carboxylic acid groups (broad SMARTS) is 1. The first-order chi connectivity index (χ1) is 13.5. The Balaban J connectivity index is 2.20. The van der Waals surface area contributed by atoms with Crippen molar-refractivity contribution in [2.75, 3.05) is 13.2 Å². The fraction of sp³-hybridized carbons (Fsp3) is 0.190. The first-order valence-electron chi connectivity index (χ1n) is 8.80. The number of aliphatic carboxylic acids is 1. The molecular weight excluding hydrogens is 360 g/mol. The van der Waals surface area contributed by atoms with Crippen LogP contribution in [0, 0.1) is 0 Å². The van der Waals surface area contributed by atoms with Gasteiger partial charge >= 0.3 is 5.97 Å². The van der Waals surface area contributed by atoms with Crippen LogP contribution in [-0.2, 0) is 9.59 Å². The van der Waals surface area contributed by atoms with E-state index in [1.165, 1.54) is 6.08 Å². The highest BCUT2D eigenvalue weighted by molar-refractivity contribution is 6.05. The van der Waals surface area contributed by atoms with Crippen molar-refractivity contribution in [1.29, 1.82) is 0 Å². The number of benzene rings is 2. The summed E-state index contributed by atoms with van der Waals surface area (Å²) in [6, 6.07) is 15.5. The summed E-state index contributed by atoms with van der Waals surface area (Å²) in [5.74, 6) is -1.34. The fourth-order valence-electron chi connectivity index (χ4n) is 2.31. The number of carbonyl (C=O) groups is 3. The van der Waals surface area contributed by atoms with E-state index < -0.39 is 17.8 Å². The molecule has 0 spiro atoms. The van der Waals surface area contributed by atoms with E-state index in [4.69, 9.17) is 9.84 Å². The average molecular weight is 382 g/mol. The van der Waals surface area contributed by atoms with Crippen molar-refractivity contribution in [2.45, 2.75) is 13.3 Å². The maximum Gasteiger partial charge on any atom is 0.305 e. The minimum Gasteiger partial charge on any atom is -0.494 e. The Morgan fingerprint density at radius 1 is 1.04 bits per heavy atom. The van der Waals surface area contributed by atoms with Crippen molar-refractivity contribution in [3.8, 4) is 5.75 Å². The Morgan fingerprint density at radius 3 is 2.32 bits per heavy atom. The zero-order chi connectivity index (χ0) is 20.4. The SMILES string of the molecule is CCOc1ccc(/C=C(/NC(=O)c2ccccc2)C(=O)NCCC(=O)O)cc1. The van der Waals surface area contributed by atoms with Gasteiger partial charge < -0.3 is 20.5 Å². The molecule has 0 radical (unpaired) electrons. The van der Waals surface area contributed by atoms with E-state index >= 15 is 0 Å². The van der Waals surface area contributed by atoms with E-state index in [1.54, 1.807) is 54.6 Å². The van der Waals surface area contributed by atoms with Gasteiger partial charge in [0.05, 0.1) is 13.0 Å². The Morgan fingerprint density at radius 2 is 1.71 bits per heavy atom. The molecule has 7 nitrogen and oxygen atoms in total. The van der Waals surface area contributed by atoms with E-state index in [-0.39, 0.29) is 18.7 Å². The molecule has 0 saturated heterocycles. The quantitative estimate of drug-likeness (QED) is 0.578. The van der Waals surface area contributed by atoms with E-state index in [0.717, 1.165) is 0 Å². The molecule has 0 heterocycles. The molecule has 0 unspecified atom stereocenters. The molecule has 0 aliphatic heterocycles. The molecule has 0 saturated carbocycles. The molecule has 0 aliphatic carbocycles. The van der Waals surface area contributed by atoms with Crippen molar-refractivity contribution in [3.63, 3.8) is 0 Å². The zero-order valence-electron chi connectivity index (χ0n) is 15.5. The molecule has 2 rings (SSSR count). The zero-order valence-corrected chi connectivity index (χ0v) is 15.5. The van der Waals surface area contributed by atoms with E-state index in [9.17, 15) is 14.4 Å². The highest BCUT2D eigenvalue weighted by Crippen LogP contribution is 2.14. The third-order valence-electron chi connectivity index (χ3n) is 3.66. The van der Waals surface area contributed by atoms with Crippen LogP contribution in [0.3, 0.4) is 0 Å². The summed E-state index contributed by atoms with van der Waals surface area (Å²) in [7, 11) is 0. The standard InChI is InChI=1S/C21H22N2O5/c1-2-28-17-10-8-15(9-11-17)14-18(21(27)22-13-12-19(24)25)23-20(26)16-6-4-3-5-7-16/h3-11,14H,2,12-13H2,1H3,(H,22,27)(H,23,26)(H,24,25)/b18-14+. The number of hydrogen-bond acceptors (Lipinski definition) is 4. The Hall–Kier alpha value is -3.61. The van der Waals surface area contributed by atoms with Gasteiger partial charge in [0.2, 0.25) is 0 Å². The second kappa shape index (κ2) is 10.5. The van der Waals surface area contributed by atoms with Crippen LogP contribution in [0.15, 0.2) is 60.3 Å². The van der Waals surface area contributed by atoms with Crippen LogP contribution >= 0.6 is 0 Å². The first-order valence-corrected chi connectivity index (χ1v) is 8.80. The molecule has 0 aliphatic rings. The summed E-state index contributed by atoms with van der Waals surface area (Å²) in [6.45, 7) is 2.38. The summed E-state index contributed by atoms with van der Waals surface area (Å²) >= 11 is 0. The maximum absolute atomic E-state index is 12.5. The monoisotopic (exact) mass is 382 g/mol. The van der Waals surface area contributed by atoms with E-state index in [0.29, 0.717) is 23.5 Å². The predicted molar refractivity (Wildman–Crippen MR) is 105 cm³/mol. The number of amides is 2. The number of ether oxygens (including phenoxy) is 1. The summed E-state index contributed by atoms with van der Waals surface area (Å²) in [5, 5.41) is 13.8. The molecule has 0 fully saturated rings. The minimum atomic E-state index is -1.02. The lowest BCUT2D eigenvalue weighted by molar-refractivity contribution is -0.136. The van der Waals surface area contributed by atoms with Gasteiger partial charge in [-0.15, -0.1) is 0 Å². The normalized spacial score (nSPS) is 10.8. The first kappa shape index (κ1) is 20.7. The summed E-state index contributed by atoms with van der Waals surface area (Å²) in [4.78, 5) is 35.5. The molecule has 0 aromatic heterocycles. The molecule has 2 amide bonds.